The van der Waals surface area contributed by atoms with Gasteiger partial charge in [0, 0.05) is 17.2 Å². The number of nitrogens with one attached hydrogen (secondary N) is 1. The molecule has 8 nitrogen and oxygen atoms in total. The van der Waals surface area contributed by atoms with Crippen LogP contribution in [0.15, 0.2) is 49.1 Å². The van der Waals surface area contributed by atoms with Gasteiger partial charge in [0.05, 0.1) is 15.6 Å². The van der Waals surface area contributed by atoms with Gasteiger partial charge >= 0.3 is 0 Å². The van der Waals surface area contributed by atoms with Crippen LogP contribution in [-0.2, 0) is 0 Å². The first-order valence-corrected chi connectivity index (χ1v) is 7.55. The first-order valence-electron chi connectivity index (χ1n) is 7.17. The van der Waals surface area contributed by atoms with E-state index in [0.717, 1.165) is 0 Å². The number of halogens is 1. The van der Waals surface area contributed by atoms with Crippen LogP contribution in [-0.4, -0.2) is 25.6 Å². The molecule has 0 aliphatic rings. The van der Waals surface area contributed by atoms with Crippen LogP contribution in [0.1, 0.15) is 15.9 Å². The van der Waals surface area contributed by atoms with Crippen LogP contribution in [0.5, 0.6) is 0 Å². The number of aryl methyl sites for hydroxylation is 1. The van der Waals surface area contributed by atoms with Crippen LogP contribution in [0.25, 0.3) is 5.69 Å². The number of amides is 1. The normalized spacial score (nSPS) is 10.5. The van der Waals surface area contributed by atoms with Crippen LogP contribution in [0, 0.1) is 17.0 Å². The van der Waals surface area contributed by atoms with E-state index in [2.05, 4.69) is 15.4 Å². The number of hydrogen-bond donors (Lipinski definition) is 1. The number of hydrogen-bond acceptors (Lipinski definition) is 5. The summed E-state index contributed by atoms with van der Waals surface area (Å²) in [7, 11) is 0. The van der Waals surface area contributed by atoms with E-state index in [1.807, 2.05) is 0 Å². The predicted octanol–water partition coefficient (Wildman–Crippen LogP) is 3.39. The molecular weight excluding hydrogens is 346 g/mol. The van der Waals surface area contributed by atoms with Crippen molar-refractivity contribution >= 4 is 28.9 Å². The number of benzene rings is 2. The molecule has 1 heterocycles. The van der Waals surface area contributed by atoms with Crippen molar-refractivity contribution < 1.29 is 9.72 Å². The highest BCUT2D eigenvalue weighted by Crippen LogP contribution is 2.28. The lowest BCUT2D eigenvalue weighted by molar-refractivity contribution is -0.385. The Morgan fingerprint density at radius 2 is 2.12 bits per heavy atom. The maximum absolute atomic E-state index is 12.5. The molecule has 1 N–H and O–H groups in total. The van der Waals surface area contributed by atoms with Crippen molar-refractivity contribution in [3.8, 4) is 5.69 Å². The van der Waals surface area contributed by atoms with Gasteiger partial charge in [-0.3, -0.25) is 14.9 Å². The van der Waals surface area contributed by atoms with Crippen molar-refractivity contribution in [3.63, 3.8) is 0 Å². The highest BCUT2D eigenvalue weighted by atomic mass is 35.5. The number of rotatable bonds is 4. The summed E-state index contributed by atoms with van der Waals surface area (Å²) in [6, 6.07) is 9.22. The van der Waals surface area contributed by atoms with E-state index >= 15 is 0 Å². The second-order valence-corrected chi connectivity index (χ2v) is 5.60. The largest absolute Gasteiger partial charge is 0.320 e. The number of nitro benzene ring substituents is 1. The predicted molar refractivity (Wildman–Crippen MR) is 92.2 cm³/mol. The lowest BCUT2D eigenvalue weighted by Crippen LogP contribution is -2.14. The quantitative estimate of drug-likeness (QED) is 0.569. The van der Waals surface area contributed by atoms with E-state index in [1.165, 1.54) is 35.5 Å². The monoisotopic (exact) mass is 357 g/mol. The summed E-state index contributed by atoms with van der Waals surface area (Å²) in [6.45, 7) is 1.58. The molecule has 0 saturated heterocycles. The molecule has 1 aromatic heterocycles. The second kappa shape index (κ2) is 6.70. The van der Waals surface area contributed by atoms with E-state index in [9.17, 15) is 14.9 Å². The van der Waals surface area contributed by atoms with Crippen molar-refractivity contribution in [3.05, 3.63) is 75.3 Å². The highest BCUT2D eigenvalue weighted by Gasteiger charge is 2.16. The molecule has 9 heteroatoms. The van der Waals surface area contributed by atoms with Gasteiger partial charge in [-0.2, -0.15) is 5.10 Å². The molecule has 126 valence electrons. The number of nitro groups is 1. The molecule has 3 rings (SSSR count). The maximum Gasteiger partial charge on any atom is 0.272 e. The van der Waals surface area contributed by atoms with Gasteiger partial charge in [0.15, 0.2) is 0 Å². The number of carbonyl (C=O) groups excluding carboxylic acids is 1. The maximum atomic E-state index is 12.5. The highest BCUT2D eigenvalue weighted by molar-refractivity contribution is 6.33. The third-order valence-electron chi connectivity index (χ3n) is 3.54. The average molecular weight is 358 g/mol. The van der Waals surface area contributed by atoms with Crippen molar-refractivity contribution in [2.45, 2.75) is 6.92 Å². The minimum Gasteiger partial charge on any atom is -0.320 e. The number of nitrogens with zero attached hydrogens (tertiary/aromatic N) is 4. The van der Waals surface area contributed by atoms with E-state index in [1.54, 1.807) is 25.1 Å². The molecule has 0 aliphatic heterocycles. The van der Waals surface area contributed by atoms with Crippen LogP contribution < -0.4 is 5.32 Å². The zero-order valence-electron chi connectivity index (χ0n) is 13.0. The number of carbonyl (C=O) groups is 1. The number of aromatic nitrogens is 3. The summed E-state index contributed by atoms with van der Waals surface area (Å²) in [5.41, 5.74) is 1.59. The topological polar surface area (TPSA) is 103 Å². The van der Waals surface area contributed by atoms with E-state index in [-0.39, 0.29) is 5.69 Å². The van der Waals surface area contributed by atoms with Gasteiger partial charge in [0.2, 0.25) is 0 Å². The Hall–Kier alpha value is -3.26. The minimum absolute atomic E-state index is 0.0392. The smallest absolute Gasteiger partial charge is 0.272 e. The first kappa shape index (κ1) is 16.6. The van der Waals surface area contributed by atoms with Crippen molar-refractivity contribution in [1.82, 2.24) is 14.8 Å². The van der Waals surface area contributed by atoms with Crippen molar-refractivity contribution in [2.24, 2.45) is 0 Å². The molecule has 0 unspecified atom stereocenters. The minimum atomic E-state index is -0.489. The molecule has 0 spiro atoms. The summed E-state index contributed by atoms with van der Waals surface area (Å²) < 4.78 is 1.44. The van der Waals surface area contributed by atoms with Gasteiger partial charge in [0.25, 0.3) is 11.6 Å². The summed E-state index contributed by atoms with van der Waals surface area (Å²) in [4.78, 5) is 26.8. The third-order valence-corrected chi connectivity index (χ3v) is 3.84. The zero-order valence-corrected chi connectivity index (χ0v) is 13.8. The summed E-state index contributed by atoms with van der Waals surface area (Å²) in [5, 5.41) is 18.1. The van der Waals surface area contributed by atoms with E-state index in [4.69, 9.17) is 11.6 Å². The van der Waals surface area contributed by atoms with Crippen molar-refractivity contribution in [2.75, 3.05) is 5.32 Å². The second-order valence-electron chi connectivity index (χ2n) is 5.19. The molecule has 3 aromatic rings. The van der Waals surface area contributed by atoms with Crippen LogP contribution in [0.3, 0.4) is 0 Å². The Balaban J connectivity index is 1.93. The fourth-order valence-corrected chi connectivity index (χ4v) is 2.63. The molecule has 0 fully saturated rings. The van der Waals surface area contributed by atoms with E-state index < -0.39 is 10.8 Å². The summed E-state index contributed by atoms with van der Waals surface area (Å²) >= 11 is 6.22. The zero-order chi connectivity index (χ0) is 18.0. The molecule has 0 radical (unpaired) electrons. The van der Waals surface area contributed by atoms with Crippen molar-refractivity contribution in [1.29, 1.82) is 0 Å². The summed E-state index contributed by atoms with van der Waals surface area (Å²) in [6.07, 6.45) is 2.82. The first-order chi connectivity index (χ1) is 12.0. The van der Waals surface area contributed by atoms with E-state index in [0.29, 0.717) is 27.5 Å². The van der Waals surface area contributed by atoms with Gasteiger partial charge in [-0.05, 0) is 31.2 Å². The lowest BCUT2D eigenvalue weighted by Gasteiger charge is -2.12. The van der Waals surface area contributed by atoms with Crippen LogP contribution >= 0.6 is 11.6 Å². The SMILES string of the molecule is Cc1cc(C(=O)Nc2cccc(Cl)c2-n2cncn2)ccc1[N+](=O)[O-]. The molecule has 0 atom stereocenters. The Bertz CT molecular complexity index is 956. The van der Waals surface area contributed by atoms with Crippen LogP contribution in [0.4, 0.5) is 11.4 Å². The Labute approximate surface area is 147 Å². The van der Waals surface area contributed by atoms with Gasteiger partial charge in [-0.15, -0.1) is 0 Å². The molecular formula is C16H12ClN5O3. The average Bonchev–Trinajstić information content (AvgIpc) is 3.08. The molecule has 0 bridgehead atoms. The molecule has 2 aromatic carbocycles. The molecule has 0 aliphatic carbocycles. The Kier molecular flexibility index (Phi) is 4.44. The van der Waals surface area contributed by atoms with Gasteiger partial charge in [0.1, 0.15) is 18.3 Å². The number of anilines is 1. The fraction of sp³-hybridized carbons (Fsp3) is 0.0625. The number of para-hydroxylation sites is 1. The fourth-order valence-electron chi connectivity index (χ4n) is 2.37. The molecule has 25 heavy (non-hydrogen) atoms. The van der Waals surface area contributed by atoms with Gasteiger partial charge in [-0.1, -0.05) is 17.7 Å². The summed E-state index contributed by atoms with van der Waals surface area (Å²) in [5.74, 6) is -0.415. The molecule has 1 amide bonds. The van der Waals surface area contributed by atoms with Crippen LogP contribution in [0.2, 0.25) is 5.02 Å². The lowest BCUT2D eigenvalue weighted by atomic mass is 10.1. The third kappa shape index (κ3) is 3.33. The van der Waals surface area contributed by atoms with Gasteiger partial charge < -0.3 is 5.32 Å². The molecule has 0 saturated carbocycles. The standard InChI is InChI=1S/C16H12ClN5O3/c1-10-7-11(5-6-14(10)22(24)25)16(23)20-13-4-2-3-12(17)15(13)21-9-18-8-19-21/h2-9H,1H3,(H,20,23). The Morgan fingerprint density at radius 3 is 2.76 bits per heavy atom. The van der Waals surface area contributed by atoms with Gasteiger partial charge in [-0.25, -0.2) is 9.67 Å². The Morgan fingerprint density at radius 1 is 1.32 bits per heavy atom.